The third-order valence-electron chi connectivity index (χ3n) is 2.70. The molecule has 1 aliphatic heterocycles. The number of rotatable bonds is 5. The summed E-state index contributed by atoms with van der Waals surface area (Å²) in [6.45, 7) is 11.4. The third-order valence-corrected chi connectivity index (χ3v) is 2.70. The van der Waals surface area contributed by atoms with Crippen molar-refractivity contribution in [3.63, 3.8) is 0 Å². The van der Waals surface area contributed by atoms with E-state index in [2.05, 4.69) is 31.0 Å². The van der Waals surface area contributed by atoms with E-state index >= 15 is 0 Å². The Morgan fingerprint density at radius 1 is 1.27 bits per heavy atom. The average molecular weight is 214 g/mol. The number of β-amino-alcohol motifs (C(OH)–C–C–N with tert-alkyl or cyclic N) is 1. The van der Waals surface area contributed by atoms with Crippen LogP contribution in [0, 0.1) is 5.41 Å². The van der Waals surface area contributed by atoms with Crippen molar-refractivity contribution < 1.29 is 5.11 Å². The highest BCUT2D eigenvalue weighted by molar-refractivity contribution is 4.73. The van der Waals surface area contributed by atoms with Crippen molar-refractivity contribution in [1.29, 1.82) is 0 Å². The van der Waals surface area contributed by atoms with E-state index in [-0.39, 0.29) is 6.10 Å². The number of nitrogens with one attached hydrogen (secondary N) is 1. The van der Waals surface area contributed by atoms with Crippen LogP contribution in [0.15, 0.2) is 0 Å². The fourth-order valence-corrected chi connectivity index (χ4v) is 1.94. The molecule has 0 aromatic heterocycles. The molecule has 0 aromatic carbocycles. The summed E-state index contributed by atoms with van der Waals surface area (Å²) in [7, 11) is 0. The highest BCUT2D eigenvalue weighted by Gasteiger charge is 2.16. The molecule has 15 heavy (non-hydrogen) atoms. The predicted molar refractivity (Wildman–Crippen MR) is 64.0 cm³/mol. The maximum absolute atomic E-state index is 9.80. The van der Waals surface area contributed by atoms with Gasteiger partial charge in [-0.3, -0.25) is 0 Å². The zero-order valence-corrected chi connectivity index (χ0v) is 10.4. The first kappa shape index (κ1) is 12.9. The topological polar surface area (TPSA) is 35.5 Å². The fourth-order valence-electron chi connectivity index (χ4n) is 1.94. The Morgan fingerprint density at radius 2 is 1.87 bits per heavy atom. The largest absolute Gasteiger partial charge is 0.390 e. The zero-order chi connectivity index (χ0) is 11.3. The lowest BCUT2D eigenvalue weighted by Gasteiger charge is -2.23. The van der Waals surface area contributed by atoms with Crippen molar-refractivity contribution in [3.05, 3.63) is 0 Å². The van der Waals surface area contributed by atoms with Crippen molar-refractivity contribution in [1.82, 2.24) is 10.2 Å². The number of likely N-dealkylation sites (tertiary alicyclic amines) is 1. The Balaban J connectivity index is 2.05. The van der Waals surface area contributed by atoms with Gasteiger partial charge >= 0.3 is 0 Å². The van der Waals surface area contributed by atoms with Gasteiger partial charge in [0.25, 0.3) is 0 Å². The zero-order valence-electron chi connectivity index (χ0n) is 10.4. The quantitative estimate of drug-likeness (QED) is 0.719. The van der Waals surface area contributed by atoms with E-state index in [4.69, 9.17) is 0 Å². The first-order valence-electron chi connectivity index (χ1n) is 6.08. The fraction of sp³-hybridized carbons (Fsp3) is 1.00. The number of hydrogen-bond donors (Lipinski definition) is 2. The lowest BCUT2D eigenvalue weighted by Crippen LogP contribution is -2.39. The van der Waals surface area contributed by atoms with Gasteiger partial charge in [0.15, 0.2) is 0 Å². The Labute approximate surface area is 93.9 Å². The Morgan fingerprint density at radius 3 is 2.40 bits per heavy atom. The summed E-state index contributed by atoms with van der Waals surface area (Å²) in [6, 6.07) is 0. The molecular weight excluding hydrogens is 188 g/mol. The van der Waals surface area contributed by atoms with Crippen molar-refractivity contribution in [2.75, 3.05) is 32.7 Å². The van der Waals surface area contributed by atoms with Crippen LogP contribution in [0.25, 0.3) is 0 Å². The summed E-state index contributed by atoms with van der Waals surface area (Å²) >= 11 is 0. The Hall–Kier alpha value is -0.120. The first-order valence-corrected chi connectivity index (χ1v) is 6.08. The smallest absolute Gasteiger partial charge is 0.0791 e. The molecule has 0 amide bonds. The third kappa shape index (κ3) is 6.13. The maximum atomic E-state index is 9.80. The monoisotopic (exact) mass is 214 g/mol. The molecule has 0 aromatic rings. The van der Waals surface area contributed by atoms with Crippen LogP contribution in [0.2, 0.25) is 0 Å². The van der Waals surface area contributed by atoms with Gasteiger partial charge in [-0.1, -0.05) is 20.8 Å². The molecule has 0 aliphatic carbocycles. The van der Waals surface area contributed by atoms with Gasteiger partial charge in [-0.05, 0) is 31.3 Å². The van der Waals surface area contributed by atoms with Crippen molar-refractivity contribution in [2.24, 2.45) is 5.41 Å². The molecule has 1 atom stereocenters. The van der Waals surface area contributed by atoms with Crippen molar-refractivity contribution >= 4 is 0 Å². The molecule has 0 saturated carbocycles. The number of aliphatic hydroxyl groups is 1. The molecule has 3 nitrogen and oxygen atoms in total. The molecule has 1 rings (SSSR count). The van der Waals surface area contributed by atoms with E-state index in [1.165, 1.54) is 12.8 Å². The van der Waals surface area contributed by atoms with E-state index in [0.29, 0.717) is 12.0 Å². The van der Waals surface area contributed by atoms with Crippen molar-refractivity contribution in [2.45, 2.75) is 39.7 Å². The highest BCUT2D eigenvalue weighted by Crippen LogP contribution is 2.10. The molecule has 1 aliphatic rings. The minimum Gasteiger partial charge on any atom is -0.390 e. The van der Waals surface area contributed by atoms with Crippen LogP contribution in [0.5, 0.6) is 0 Å². The van der Waals surface area contributed by atoms with Crippen LogP contribution in [0.4, 0.5) is 0 Å². The van der Waals surface area contributed by atoms with Gasteiger partial charge in [0.05, 0.1) is 6.10 Å². The predicted octanol–water partition coefficient (Wildman–Crippen LogP) is 1.08. The van der Waals surface area contributed by atoms with Crippen LogP contribution >= 0.6 is 0 Å². The second-order valence-corrected chi connectivity index (χ2v) is 5.85. The van der Waals surface area contributed by atoms with E-state index < -0.39 is 0 Å². The molecule has 1 unspecified atom stereocenters. The Kier molecular flexibility index (Phi) is 5.03. The lowest BCUT2D eigenvalue weighted by molar-refractivity contribution is 0.121. The minimum absolute atomic E-state index is 0.217. The van der Waals surface area contributed by atoms with Crippen molar-refractivity contribution in [3.8, 4) is 0 Å². The standard InChI is InChI=1S/C12H26N2O/c1-12(2,3)10-13-8-11(15)9-14-6-4-5-7-14/h11,13,15H,4-10H2,1-3H3. The SMILES string of the molecule is CC(C)(C)CNCC(O)CN1CCCC1. The minimum atomic E-state index is -0.217. The summed E-state index contributed by atoms with van der Waals surface area (Å²) in [5.74, 6) is 0. The molecule has 1 heterocycles. The molecule has 2 N–H and O–H groups in total. The highest BCUT2D eigenvalue weighted by atomic mass is 16.3. The molecular formula is C12H26N2O. The van der Waals surface area contributed by atoms with E-state index in [9.17, 15) is 5.11 Å². The number of aliphatic hydroxyl groups excluding tert-OH is 1. The number of hydrogen-bond acceptors (Lipinski definition) is 3. The molecule has 0 bridgehead atoms. The van der Waals surface area contributed by atoms with E-state index in [1.807, 2.05) is 0 Å². The van der Waals surface area contributed by atoms with Gasteiger partial charge in [0.2, 0.25) is 0 Å². The first-order chi connectivity index (χ1) is 6.97. The molecule has 3 heteroatoms. The van der Waals surface area contributed by atoms with Gasteiger partial charge in [-0.2, -0.15) is 0 Å². The molecule has 90 valence electrons. The summed E-state index contributed by atoms with van der Waals surface area (Å²) in [6.07, 6.45) is 2.37. The van der Waals surface area contributed by atoms with Gasteiger partial charge in [0.1, 0.15) is 0 Å². The van der Waals surface area contributed by atoms with Crippen LogP contribution in [-0.2, 0) is 0 Å². The maximum Gasteiger partial charge on any atom is 0.0791 e. The van der Waals surface area contributed by atoms with Gasteiger partial charge in [-0.25, -0.2) is 0 Å². The van der Waals surface area contributed by atoms with Gasteiger partial charge in [0, 0.05) is 19.6 Å². The van der Waals surface area contributed by atoms with E-state index in [0.717, 1.165) is 26.2 Å². The van der Waals surface area contributed by atoms with Gasteiger partial charge in [-0.15, -0.1) is 0 Å². The average Bonchev–Trinajstić information content (AvgIpc) is 2.54. The second kappa shape index (κ2) is 5.83. The molecule has 0 radical (unpaired) electrons. The normalized spacial score (nSPS) is 20.8. The van der Waals surface area contributed by atoms with Crippen LogP contribution in [-0.4, -0.2) is 48.8 Å². The van der Waals surface area contributed by atoms with Gasteiger partial charge < -0.3 is 15.3 Å². The van der Waals surface area contributed by atoms with Crippen LogP contribution in [0.3, 0.4) is 0 Å². The summed E-state index contributed by atoms with van der Waals surface area (Å²) in [4.78, 5) is 2.35. The van der Waals surface area contributed by atoms with E-state index in [1.54, 1.807) is 0 Å². The molecule has 1 saturated heterocycles. The summed E-state index contributed by atoms with van der Waals surface area (Å²) in [5, 5.41) is 13.1. The lowest BCUT2D eigenvalue weighted by atomic mass is 9.97. The number of nitrogens with zero attached hydrogens (tertiary/aromatic N) is 1. The Bertz CT molecular complexity index is 171. The second-order valence-electron chi connectivity index (χ2n) is 5.85. The summed E-state index contributed by atoms with van der Waals surface area (Å²) in [5.41, 5.74) is 0.299. The molecule has 1 fully saturated rings. The molecule has 0 spiro atoms. The van der Waals surface area contributed by atoms with Crippen LogP contribution in [0.1, 0.15) is 33.6 Å². The van der Waals surface area contributed by atoms with Crippen LogP contribution < -0.4 is 5.32 Å². The summed E-state index contributed by atoms with van der Waals surface area (Å²) < 4.78 is 0.